The van der Waals surface area contributed by atoms with E-state index in [1.165, 1.54) is 0 Å². The quantitative estimate of drug-likeness (QED) is 0.888. The first-order chi connectivity index (χ1) is 10.5. The van der Waals surface area contributed by atoms with Crippen LogP contribution in [-0.2, 0) is 0 Å². The molecule has 1 aliphatic rings. The van der Waals surface area contributed by atoms with Crippen molar-refractivity contribution in [2.75, 3.05) is 39.9 Å². The summed E-state index contributed by atoms with van der Waals surface area (Å²) in [6.45, 7) is 8.34. The Kier molecular flexibility index (Phi) is 6.36. The van der Waals surface area contributed by atoms with Gasteiger partial charge < -0.3 is 9.84 Å². The zero-order valence-electron chi connectivity index (χ0n) is 13.4. The lowest BCUT2D eigenvalue weighted by molar-refractivity contribution is 0.0367. The fraction of sp³-hybridized carbons (Fsp3) is 0.625. The fourth-order valence-electron chi connectivity index (χ4n) is 3.17. The lowest BCUT2D eigenvalue weighted by Gasteiger charge is -2.42. The Hall–Kier alpha value is -0.520. The van der Waals surface area contributed by atoms with Gasteiger partial charge >= 0.3 is 0 Å². The molecule has 4 nitrogen and oxygen atoms in total. The summed E-state index contributed by atoms with van der Waals surface area (Å²) in [7, 11) is 1.54. The summed E-state index contributed by atoms with van der Waals surface area (Å²) in [5, 5.41) is 10.8. The second kappa shape index (κ2) is 7.84. The second-order valence-electron chi connectivity index (χ2n) is 5.69. The van der Waals surface area contributed by atoms with Gasteiger partial charge in [-0.3, -0.25) is 9.80 Å². The molecule has 1 aliphatic heterocycles. The number of rotatable bonds is 5. The molecule has 124 valence electrons. The normalized spacial score (nSPS) is 21.8. The first-order valence-electron chi connectivity index (χ1n) is 7.63. The van der Waals surface area contributed by atoms with E-state index in [1.54, 1.807) is 7.11 Å². The van der Waals surface area contributed by atoms with Crippen molar-refractivity contribution in [3.63, 3.8) is 0 Å². The van der Waals surface area contributed by atoms with Crippen molar-refractivity contribution < 1.29 is 9.84 Å². The monoisotopic (exact) mass is 346 g/mol. The molecule has 6 heteroatoms. The number of halogens is 2. The van der Waals surface area contributed by atoms with Crippen LogP contribution in [0.15, 0.2) is 12.1 Å². The topological polar surface area (TPSA) is 35.9 Å². The molecule has 1 aromatic rings. The van der Waals surface area contributed by atoms with Crippen molar-refractivity contribution >= 4 is 23.2 Å². The van der Waals surface area contributed by atoms with Crippen molar-refractivity contribution in [2.24, 2.45) is 0 Å². The van der Waals surface area contributed by atoms with Crippen LogP contribution in [0, 0.1) is 0 Å². The van der Waals surface area contributed by atoms with Crippen molar-refractivity contribution in [2.45, 2.75) is 25.9 Å². The van der Waals surface area contributed by atoms with Crippen LogP contribution in [0.3, 0.4) is 0 Å². The minimum atomic E-state index is -0.0950. The Labute approximate surface area is 142 Å². The molecule has 1 heterocycles. The van der Waals surface area contributed by atoms with E-state index in [2.05, 4.69) is 23.6 Å². The molecule has 1 N–H and O–H groups in total. The zero-order valence-corrected chi connectivity index (χ0v) is 14.9. The van der Waals surface area contributed by atoms with Crippen LogP contribution >= 0.6 is 23.2 Å². The maximum Gasteiger partial charge on any atom is 0.156 e. The van der Waals surface area contributed by atoms with Gasteiger partial charge in [0.05, 0.1) is 29.8 Å². The third-order valence-electron chi connectivity index (χ3n) is 4.43. The highest BCUT2D eigenvalue weighted by Gasteiger charge is 2.29. The van der Waals surface area contributed by atoms with Gasteiger partial charge in [-0.05, 0) is 31.2 Å². The fourth-order valence-corrected chi connectivity index (χ4v) is 3.83. The molecule has 0 saturated carbocycles. The number of benzene rings is 1. The molecule has 1 fully saturated rings. The third kappa shape index (κ3) is 3.69. The number of hydrogen-bond acceptors (Lipinski definition) is 4. The predicted molar refractivity (Wildman–Crippen MR) is 91.1 cm³/mol. The van der Waals surface area contributed by atoms with Gasteiger partial charge in [-0.25, -0.2) is 0 Å². The van der Waals surface area contributed by atoms with Crippen LogP contribution in [0.5, 0.6) is 5.75 Å². The van der Waals surface area contributed by atoms with E-state index in [4.69, 9.17) is 27.9 Å². The summed E-state index contributed by atoms with van der Waals surface area (Å²) in [6.07, 6.45) is 0. The van der Waals surface area contributed by atoms with Crippen LogP contribution in [0.25, 0.3) is 0 Å². The van der Waals surface area contributed by atoms with E-state index in [0.717, 1.165) is 31.7 Å². The van der Waals surface area contributed by atoms with Gasteiger partial charge in [0, 0.05) is 25.7 Å². The predicted octanol–water partition coefficient (Wildman–Crippen LogP) is 3.06. The van der Waals surface area contributed by atoms with E-state index in [-0.39, 0.29) is 12.6 Å². The number of nitrogens with zero attached hydrogens (tertiary/aromatic N) is 2. The summed E-state index contributed by atoms with van der Waals surface area (Å²) in [4.78, 5) is 4.74. The molecular formula is C16H24Cl2N2O2. The first kappa shape index (κ1) is 17.8. The van der Waals surface area contributed by atoms with Crippen LogP contribution < -0.4 is 4.74 Å². The maximum absolute atomic E-state index is 9.88. The highest BCUT2D eigenvalue weighted by molar-refractivity contribution is 6.37. The largest absolute Gasteiger partial charge is 0.494 e. The van der Waals surface area contributed by atoms with Crippen LogP contribution in [0.1, 0.15) is 25.5 Å². The number of aliphatic hydroxyl groups excluding tert-OH is 1. The van der Waals surface area contributed by atoms with Gasteiger partial charge in [0.25, 0.3) is 0 Å². The van der Waals surface area contributed by atoms with Gasteiger partial charge in [0.1, 0.15) is 0 Å². The van der Waals surface area contributed by atoms with Gasteiger partial charge in [0.2, 0.25) is 0 Å². The lowest BCUT2D eigenvalue weighted by Crippen LogP contribution is -2.53. The van der Waals surface area contributed by atoms with Crippen molar-refractivity contribution in [3.05, 3.63) is 27.7 Å². The highest BCUT2D eigenvalue weighted by Crippen LogP contribution is 2.37. The third-order valence-corrected chi connectivity index (χ3v) is 4.99. The van der Waals surface area contributed by atoms with Crippen LogP contribution in [-0.4, -0.2) is 60.8 Å². The molecule has 2 rings (SSSR count). The Morgan fingerprint density at radius 1 is 1.32 bits per heavy atom. The minimum Gasteiger partial charge on any atom is -0.494 e. The van der Waals surface area contributed by atoms with Gasteiger partial charge in [-0.1, -0.05) is 30.1 Å². The minimum absolute atomic E-state index is 0.0395. The average molecular weight is 347 g/mol. The van der Waals surface area contributed by atoms with Crippen molar-refractivity contribution in [3.8, 4) is 5.75 Å². The smallest absolute Gasteiger partial charge is 0.156 e. The van der Waals surface area contributed by atoms with Gasteiger partial charge in [-0.2, -0.15) is 0 Å². The van der Waals surface area contributed by atoms with E-state index < -0.39 is 0 Å². The molecular weight excluding hydrogens is 323 g/mol. The summed E-state index contributed by atoms with van der Waals surface area (Å²) in [6, 6.07) is 4.05. The molecule has 1 aromatic carbocycles. The second-order valence-corrected chi connectivity index (χ2v) is 6.50. The molecule has 0 aliphatic carbocycles. The molecule has 2 atom stereocenters. The average Bonchev–Trinajstić information content (AvgIpc) is 2.48. The first-order valence-corrected chi connectivity index (χ1v) is 8.39. The highest BCUT2D eigenvalue weighted by atomic mass is 35.5. The van der Waals surface area contributed by atoms with Crippen LogP contribution in [0.4, 0.5) is 0 Å². The number of ether oxygens (including phenoxy) is 1. The maximum atomic E-state index is 9.88. The van der Waals surface area contributed by atoms with Crippen molar-refractivity contribution in [1.82, 2.24) is 9.80 Å². The Balaban J connectivity index is 2.22. The molecule has 2 unspecified atom stereocenters. The number of aliphatic hydroxyl groups is 1. The standard InChI is InChI=1S/C16H24Cl2N2O2/c1-4-19-5-6-20(9-11(19)2)15(10-21)12-7-13(17)16(22-3)14(18)8-12/h7-8,11,15,21H,4-6,9-10H2,1-3H3. The molecule has 0 bridgehead atoms. The molecule has 22 heavy (non-hydrogen) atoms. The van der Waals surface area contributed by atoms with E-state index >= 15 is 0 Å². The van der Waals surface area contributed by atoms with E-state index in [9.17, 15) is 5.11 Å². The molecule has 0 spiro atoms. The molecule has 1 saturated heterocycles. The Bertz CT molecular complexity index is 490. The Morgan fingerprint density at radius 3 is 2.41 bits per heavy atom. The summed E-state index contributed by atoms with van der Waals surface area (Å²) >= 11 is 12.5. The molecule has 0 radical (unpaired) electrons. The SMILES string of the molecule is CCN1CCN(C(CO)c2cc(Cl)c(OC)c(Cl)c2)CC1C. The van der Waals surface area contributed by atoms with E-state index in [0.29, 0.717) is 21.8 Å². The van der Waals surface area contributed by atoms with Gasteiger partial charge in [0.15, 0.2) is 5.75 Å². The number of hydrogen-bond donors (Lipinski definition) is 1. The Morgan fingerprint density at radius 2 is 1.95 bits per heavy atom. The molecule has 0 amide bonds. The lowest BCUT2D eigenvalue weighted by atomic mass is 10.0. The summed E-state index contributed by atoms with van der Waals surface area (Å²) in [5.41, 5.74) is 0.926. The zero-order chi connectivity index (χ0) is 16.3. The van der Waals surface area contributed by atoms with Gasteiger partial charge in [-0.15, -0.1) is 0 Å². The van der Waals surface area contributed by atoms with E-state index in [1.807, 2.05) is 12.1 Å². The number of methoxy groups -OCH3 is 1. The van der Waals surface area contributed by atoms with Crippen LogP contribution in [0.2, 0.25) is 10.0 Å². The summed E-state index contributed by atoms with van der Waals surface area (Å²) in [5.74, 6) is 0.480. The molecule has 0 aromatic heterocycles. The number of likely N-dealkylation sites (N-methyl/N-ethyl adjacent to an activating group) is 1. The summed E-state index contributed by atoms with van der Waals surface area (Å²) < 4.78 is 5.19. The van der Waals surface area contributed by atoms with Crippen molar-refractivity contribution in [1.29, 1.82) is 0 Å². The number of piperazine rings is 1.